The van der Waals surface area contributed by atoms with E-state index >= 15 is 0 Å². The molecule has 1 saturated heterocycles. The maximum Gasteiger partial charge on any atom is 0.265 e. The largest absolute Gasteiger partial charge is 0.493 e. The summed E-state index contributed by atoms with van der Waals surface area (Å²) in [6.45, 7) is 4.01. The Morgan fingerprint density at radius 3 is 2.76 bits per heavy atom. The first-order chi connectivity index (χ1) is 12.1. The molecule has 0 bridgehead atoms. The summed E-state index contributed by atoms with van der Waals surface area (Å²) in [5.74, 6) is 1.77. The van der Waals surface area contributed by atoms with Crippen LogP contribution >= 0.6 is 11.3 Å². The third kappa shape index (κ3) is 3.48. The van der Waals surface area contributed by atoms with Crippen LogP contribution in [0.1, 0.15) is 21.8 Å². The summed E-state index contributed by atoms with van der Waals surface area (Å²) in [4.78, 5) is 20.0. The molecule has 25 heavy (non-hydrogen) atoms. The van der Waals surface area contributed by atoms with Crippen LogP contribution in [0.3, 0.4) is 0 Å². The summed E-state index contributed by atoms with van der Waals surface area (Å²) in [7, 11) is 3.21. The number of rotatable bonds is 5. The molecule has 7 heteroatoms. The number of thiazole rings is 1. The van der Waals surface area contributed by atoms with Crippen molar-refractivity contribution in [3.05, 3.63) is 28.8 Å². The van der Waals surface area contributed by atoms with Gasteiger partial charge in [-0.1, -0.05) is 0 Å². The fourth-order valence-corrected chi connectivity index (χ4v) is 4.07. The van der Waals surface area contributed by atoms with E-state index < -0.39 is 0 Å². The lowest BCUT2D eigenvalue weighted by Crippen LogP contribution is -2.29. The minimum Gasteiger partial charge on any atom is -0.493 e. The van der Waals surface area contributed by atoms with E-state index in [4.69, 9.17) is 15.2 Å². The third-order valence-electron chi connectivity index (χ3n) is 4.53. The van der Waals surface area contributed by atoms with Crippen molar-refractivity contribution in [2.45, 2.75) is 13.3 Å². The van der Waals surface area contributed by atoms with E-state index in [0.29, 0.717) is 28.8 Å². The first-order valence-corrected chi connectivity index (χ1v) is 9.08. The van der Waals surface area contributed by atoms with E-state index in [2.05, 4.69) is 4.98 Å². The topological polar surface area (TPSA) is 77.7 Å². The number of hydrogen-bond donors (Lipinski definition) is 1. The lowest BCUT2D eigenvalue weighted by atomic mass is 10.1. The Labute approximate surface area is 151 Å². The molecule has 1 atom stereocenters. The second-order valence-corrected chi connectivity index (χ2v) is 7.14. The number of amides is 1. The summed E-state index contributed by atoms with van der Waals surface area (Å²) >= 11 is 1.42. The minimum absolute atomic E-state index is 0.0534. The van der Waals surface area contributed by atoms with Gasteiger partial charge < -0.3 is 20.1 Å². The molecule has 0 saturated carbocycles. The zero-order valence-corrected chi connectivity index (χ0v) is 15.6. The molecule has 6 nitrogen and oxygen atoms in total. The van der Waals surface area contributed by atoms with Crippen molar-refractivity contribution in [3.63, 3.8) is 0 Å². The first-order valence-electron chi connectivity index (χ1n) is 8.26. The predicted octanol–water partition coefficient (Wildman–Crippen LogP) is 2.56. The molecule has 1 aliphatic heterocycles. The molecular formula is C18H23N3O3S. The lowest BCUT2D eigenvalue weighted by Gasteiger charge is -2.15. The summed E-state index contributed by atoms with van der Waals surface area (Å²) in [5.41, 5.74) is 7.39. The summed E-state index contributed by atoms with van der Waals surface area (Å²) in [6, 6.07) is 5.65. The van der Waals surface area contributed by atoms with Crippen molar-refractivity contribution in [2.75, 3.05) is 33.9 Å². The van der Waals surface area contributed by atoms with Gasteiger partial charge >= 0.3 is 0 Å². The molecule has 2 aromatic rings. The van der Waals surface area contributed by atoms with E-state index in [-0.39, 0.29) is 5.91 Å². The van der Waals surface area contributed by atoms with Crippen LogP contribution in [-0.2, 0) is 0 Å². The van der Waals surface area contributed by atoms with Gasteiger partial charge in [0.1, 0.15) is 9.88 Å². The lowest BCUT2D eigenvalue weighted by molar-refractivity contribution is 0.0791. The first kappa shape index (κ1) is 17.7. The Hall–Kier alpha value is -2.12. The number of hydrogen-bond acceptors (Lipinski definition) is 6. The number of methoxy groups -OCH3 is 2. The highest BCUT2D eigenvalue weighted by molar-refractivity contribution is 7.17. The van der Waals surface area contributed by atoms with Crippen molar-refractivity contribution in [1.29, 1.82) is 0 Å². The van der Waals surface area contributed by atoms with E-state index in [1.165, 1.54) is 11.3 Å². The maximum absolute atomic E-state index is 12.8. The summed E-state index contributed by atoms with van der Waals surface area (Å²) in [6.07, 6.45) is 0.975. The highest BCUT2D eigenvalue weighted by Gasteiger charge is 2.28. The number of carbonyl (C=O) groups is 1. The fraction of sp³-hybridized carbons (Fsp3) is 0.444. The normalized spacial score (nSPS) is 17.0. The van der Waals surface area contributed by atoms with Gasteiger partial charge in [-0.2, -0.15) is 0 Å². The molecule has 2 heterocycles. The van der Waals surface area contributed by atoms with E-state index in [1.807, 2.05) is 30.0 Å². The molecule has 1 aromatic heterocycles. The van der Waals surface area contributed by atoms with Crippen LogP contribution in [0.2, 0.25) is 0 Å². The Balaban J connectivity index is 1.86. The molecule has 1 aliphatic rings. The third-order valence-corrected chi connectivity index (χ3v) is 5.72. The van der Waals surface area contributed by atoms with Crippen LogP contribution in [0, 0.1) is 12.8 Å². The quantitative estimate of drug-likeness (QED) is 0.885. The second-order valence-electron chi connectivity index (χ2n) is 6.14. The van der Waals surface area contributed by atoms with Crippen molar-refractivity contribution >= 4 is 17.2 Å². The second kappa shape index (κ2) is 7.41. The number of aromatic nitrogens is 1. The molecule has 1 fully saturated rings. The molecule has 3 rings (SSSR count). The van der Waals surface area contributed by atoms with Crippen LogP contribution in [-0.4, -0.2) is 49.6 Å². The maximum atomic E-state index is 12.8. The number of benzene rings is 1. The van der Waals surface area contributed by atoms with Gasteiger partial charge in [0, 0.05) is 18.7 Å². The zero-order valence-electron chi connectivity index (χ0n) is 14.7. The van der Waals surface area contributed by atoms with E-state index in [9.17, 15) is 4.79 Å². The SMILES string of the molecule is COc1ccc(-c2nc(C)c(C(=O)N3CCC(CN)C3)s2)cc1OC. The van der Waals surface area contributed by atoms with Crippen LogP contribution in [0.4, 0.5) is 0 Å². The summed E-state index contributed by atoms with van der Waals surface area (Å²) in [5, 5.41) is 0.802. The molecule has 0 radical (unpaired) electrons. The van der Waals surface area contributed by atoms with E-state index in [0.717, 1.165) is 35.8 Å². The van der Waals surface area contributed by atoms with Gasteiger partial charge in [0.05, 0.1) is 19.9 Å². The molecule has 0 spiro atoms. The number of nitrogens with two attached hydrogens (primary N) is 1. The number of nitrogens with zero attached hydrogens (tertiary/aromatic N) is 2. The number of aryl methyl sites for hydroxylation is 1. The average Bonchev–Trinajstić information content (AvgIpc) is 3.27. The smallest absolute Gasteiger partial charge is 0.265 e. The molecular weight excluding hydrogens is 338 g/mol. The van der Waals surface area contributed by atoms with Crippen molar-refractivity contribution in [2.24, 2.45) is 11.7 Å². The van der Waals surface area contributed by atoms with Crippen molar-refractivity contribution < 1.29 is 14.3 Å². The predicted molar refractivity (Wildman–Crippen MR) is 98.5 cm³/mol. The number of likely N-dealkylation sites (tertiary alicyclic amines) is 1. The molecule has 1 amide bonds. The van der Waals surface area contributed by atoms with Gasteiger partial charge in [0.2, 0.25) is 0 Å². The Bertz CT molecular complexity index is 775. The highest BCUT2D eigenvalue weighted by Crippen LogP contribution is 2.35. The average molecular weight is 361 g/mol. The van der Waals surface area contributed by atoms with Gasteiger partial charge in [-0.25, -0.2) is 4.98 Å². The van der Waals surface area contributed by atoms with E-state index in [1.54, 1.807) is 14.2 Å². The van der Waals surface area contributed by atoms with Gasteiger partial charge in [-0.3, -0.25) is 4.79 Å². The summed E-state index contributed by atoms with van der Waals surface area (Å²) < 4.78 is 10.6. The van der Waals surface area contributed by atoms with Gasteiger partial charge in [0.15, 0.2) is 11.5 Å². The Morgan fingerprint density at radius 2 is 2.12 bits per heavy atom. The van der Waals surface area contributed by atoms with Gasteiger partial charge in [-0.05, 0) is 44.0 Å². The van der Waals surface area contributed by atoms with Crippen LogP contribution in [0.25, 0.3) is 10.6 Å². The monoisotopic (exact) mass is 361 g/mol. The minimum atomic E-state index is 0.0534. The Morgan fingerprint density at radius 1 is 1.36 bits per heavy atom. The van der Waals surface area contributed by atoms with Crippen molar-refractivity contribution in [1.82, 2.24) is 9.88 Å². The standard InChI is InChI=1S/C18H23N3O3S/c1-11-16(18(22)21-7-6-12(9-19)10-21)25-17(20-11)13-4-5-14(23-2)15(8-13)24-3/h4-5,8,12H,6-7,9-10,19H2,1-3H3. The number of carbonyl (C=O) groups excluding carboxylic acids is 1. The Kier molecular flexibility index (Phi) is 5.24. The van der Waals surface area contributed by atoms with Crippen LogP contribution in [0.5, 0.6) is 11.5 Å². The zero-order chi connectivity index (χ0) is 18.0. The highest BCUT2D eigenvalue weighted by atomic mass is 32.1. The van der Waals surface area contributed by atoms with Crippen molar-refractivity contribution in [3.8, 4) is 22.1 Å². The fourth-order valence-electron chi connectivity index (χ4n) is 3.04. The van der Waals surface area contributed by atoms with Crippen LogP contribution in [0.15, 0.2) is 18.2 Å². The molecule has 1 unspecified atom stereocenters. The van der Waals surface area contributed by atoms with Gasteiger partial charge in [-0.15, -0.1) is 11.3 Å². The molecule has 134 valence electrons. The number of ether oxygens (including phenoxy) is 2. The molecule has 2 N–H and O–H groups in total. The van der Waals surface area contributed by atoms with Crippen LogP contribution < -0.4 is 15.2 Å². The molecule has 0 aliphatic carbocycles. The van der Waals surface area contributed by atoms with Gasteiger partial charge in [0.25, 0.3) is 5.91 Å². The molecule has 1 aromatic carbocycles.